The summed E-state index contributed by atoms with van der Waals surface area (Å²) >= 11 is 0. The van der Waals surface area contributed by atoms with Gasteiger partial charge in [0.1, 0.15) is 6.04 Å². The molecular formula is C21H23N2O2+. The van der Waals surface area contributed by atoms with Crippen molar-refractivity contribution < 1.29 is 14.5 Å². The van der Waals surface area contributed by atoms with Crippen molar-refractivity contribution in [2.45, 2.75) is 25.3 Å². The lowest BCUT2D eigenvalue weighted by atomic mass is 9.87. The van der Waals surface area contributed by atoms with Gasteiger partial charge < -0.3 is 4.90 Å². The first kappa shape index (κ1) is 16.0. The number of imide groups is 1. The molecule has 0 radical (unpaired) electrons. The van der Waals surface area contributed by atoms with Gasteiger partial charge in [0.25, 0.3) is 11.8 Å². The molecule has 4 rings (SSSR count). The summed E-state index contributed by atoms with van der Waals surface area (Å²) in [5.74, 6) is -0.310. The number of aryl methyl sites for hydroxylation is 1. The first-order valence-electron chi connectivity index (χ1n) is 9.02. The molecule has 2 aliphatic rings. The van der Waals surface area contributed by atoms with Crippen LogP contribution in [0.3, 0.4) is 0 Å². The van der Waals surface area contributed by atoms with E-state index < -0.39 is 0 Å². The van der Waals surface area contributed by atoms with Crippen LogP contribution < -0.4 is 4.90 Å². The maximum atomic E-state index is 12.5. The van der Waals surface area contributed by atoms with Crippen LogP contribution in [0.15, 0.2) is 48.5 Å². The SMILES string of the molecule is C[NH+](CCN1C(=O)c2ccccc2C1=O)[C@@H]1CCCc2ccccc21. The number of hydrogen-bond acceptors (Lipinski definition) is 2. The van der Waals surface area contributed by atoms with Gasteiger partial charge in [0.15, 0.2) is 0 Å². The maximum absolute atomic E-state index is 12.5. The van der Waals surface area contributed by atoms with Crippen molar-refractivity contribution in [2.24, 2.45) is 0 Å². The largest absolute Gasteiger partial charge is 0.330 e. The number of rotatable bonds is 4. The van der Waals surface area contributed by atoms with Gasteiger partial charge >= 0.3 is 0 Å². The molecule has 0 aromatic heterocycles. The highest BCUT2D eigenvalue weighted by Crippen LogP contribution is 2.27. The third-order valence-corrected chi connectivity index (χ3v) is 5.57. The average molecular weight is 335 g/mol. The molecule has 2 aromatic rings. The molecule has 1 unspecified atom stereocenters. The summed E-state index contributed by atoms with van der Waals surface area (Å²) in [4.78, 5) is 27.8. The molecule has 1 aliphatic carbocycles. The van der Waals surface area contributed by atoms with Gasteiger partial charge in [-0.3, -0.25) is 14.5 Å². The summed E-state index contributed by atoms with van der Waals surface area (Å²) in [6, 6.07) is 16.2. The Morgan fingerprint density at radius 1 is 1.00 bits per heavy atom. The van der Waals surface area contributed by atoms with Crippen molar-refractivity contribution in [1.29, 1.82) is 0 Å². The molecule has 128 valence electrons. The first-order chi connectivity index (χ1) is 12.2. The molecule has 4 heteroatoms. The van der Waals surface area contributed by atoms with E-state index in [1.165, 1.54) is 27.3 Å². The van der Waals surface area contributed by atoms with Crippen LogP contribution in [0.2, 0.25) is 0 Å². The van der Waals surface area contributed by atoms with Gasteiger partial charge in [-0.1, -0.05) is 36.4 Å². The molecule has 1 N–H and O–H groups in total. The third-order valence-electron chi connectivity index (χ3n) is 5.57. The van der Waals surface area contributed by atoms with Crippen molar-refractivity contribution in [2.75, 3.05) is 20.1 Å². The van der Waals surface area contributed by atoms with Crippen LogP contribution >= 0.6 is 0 Å². The van der Waals surface area contributed by atoms with Gasteiger partial charge in [0.2, 0.25) is 0 Å². The van der Waals surface area contributed by atoms with E-state index in [9.17, 15) is 9.59 Å². The normalized spacial score (nSPS) is 20.4. The van der Waals surface area contributed by atoms with Gasteiger partial charge in [0.05, 0.1) is 31.3 Å². The molecule has 0 fully saturated rings. The lowest BCUT2D eigenvalue weighted by molar-refractivity contribution is -0.912. The molecule has 0 spiro atoms. The van der Waals surface area contributed by atoms with E-state index in [2.05, 4.69) is 31.3 Å². The fourth-order valence-electron chi connectivity index (χ4n) is 4.17. The highest BCUT2D eigenvalue weighted by Gasteiger charge is 2.36. The first-order valence-corrected chi connectivity index (χ1v) is 9.02. The van der Waals surface area contributed by atoms with Crippen LogP contribution in [-0.4, -0.2) is 36.9 Å². The standard InChI is InChI=1S/C21H22N2O2/c1-22(19-12-6-8-15-7-2-3-9-16(15)19)13-14-23-20(24)17-10-4-5-11-18(17)21(23)25/h2-5,7,9-11,19H,6,8,12-14H2,1H3/p+1/t19-/m1/s1. The van der Waals surface area contributed by atoms with E-state index in [0.717, 1.165) is 19.4 Å². The summed E-state index contributed by atoms with van der Waals surface area (Å²) in [6.07, 6.45) is 3.51. The van der Waals surface area contributed by atoms with Crippen molar-refractivity contribution in [3.8, 4) is 0 Å². The third kappa shape index (κ3) is 2.76. The molecule has 2 aromatic carbocycles. The molecule has 1 heterocycles. The topological polar surface area (TPSA) is 41.8 Å². The lowest BCUT2D eigenvalue weighted by Gasteiger charge is -2.31. The number of carbonyl (C=O) groups is 2. The highest BCUT2D eigenvalue weighted by atomic mass is 16.2. The number of carbonyl (C=O) groups excluding carboxylic acids is 2. The number of nitrogens with zero attached hydrogens (tertiary/aromatic N) is 1. The Morgan fingerprint density at radius 3 is 2.36 bits per heavy atom. The van der Waals surface area contributed by atoms with Crippen molar-refractivity contribution in [1.82, 2.24) is 4.90 Å². The van der Waals surface area contributed by atoms with E-state index >= 15 is 0 Å². The number of likely N-dealkylation sites (N-methyl/N-ethyl adjacent to an activating group) is 1. The zero-order valence-electron chi connectivity index (χ0n) is 14.5. The van der Waals surface area contributed by atoms with E-state index in [4.69, 9.17) is 0 Å². The Kier molecular flexibility index (Phi) is 4.14. The predicted molar refractivity (Wildman–Crippen MR) is 95.7 cm³/mol. The van der Waals surface area contributed by atoms with Gasteiger partial charge in [0, 0.05) is 12.0 Å². The van der Waals surface area contributed by atoms with Crippen molar-refractivity contribution in [3.05, 3.63) is 70.8 Å². The molecule has 0 bridgehead atoms. The summed E-state index contributed by atoms with van der Waals surface area (Å²) in [7, 11) is 2.17. The summed E-state index contributed by atoms with van der Waals surface area (Å²) in [5, 5.41) is 0. The average Bonchev–Trinajstić information content (AvgIpc) is 2.90. The Labute approximate surface area is 148 Å². The molecule has 0 saturated carbocycles. The van der Waals surface area contributed by atoms with Crippen LogP contribution in [0.1, 0.15) is 50.7 Å². The van der Waals surface area contributed by atoms with Crippen LogP contribution in [0.25, 0.3) is 0 Å². The quantitative estimate of drug-likeness (QED) is 0.867. The minimum Gasteiger partial charge on any atom is -0.330 e. The summed E-state index contributed by atoms with van der Waals surface area (Å²) < 4.78 is 0. The zero-order valence-corrected chi connectivity index (χ0v) is 14.5. The fourth-order valence-corrected chi connectivity index (χ4v) is 4.17. The Hall–Kier alpha value is -2.46. The number of benzene rings is 2. The number of nitrogens with one attached hydrogen (secondary N) is 1. The molecule has 4 nitrogen and oxygen atoms in total. The maximum Gasteiger partial charge on any atom is 0.261 e. The smallest absolute Gasteiger partial charge is 0.261 e. The van der Waals surface area contributed by atoms with Gasteiger partial charge in [-0.25, -0.2) is 0 Å². The van der Waals surface area contributed by atoms with E-state index in [1.54, 1.807) is 12.1 Å². The zero-order chi connectivity index (χ0) is 17.4. The minimum atomic E-state index is -0.155. The lowest BCUT2D eigenvalue weighted by Crippen LogP contribution is -3.10. The highest BCUT2D eigenvalue weighted by molar-refractivity contribution is 6.21. The summed E-state index contributed by atoms with van der Waals surface area (Å²) in [5.41, 5.74) is 3.94. The molecule has 1 aliphatic heterocycles. The Balaban J connectivity index is 1.46. The van der Waals surface area contributed by atoms with Crippen LogP contribution in [0.4, 0.5) is 0 Å². The molecule has 0 saturated heterocycles. The second kappa shape index (κ2) is 6.45. The van der Waals surface area contributed by atoms with Gasteiger partial charge in [-0.2, -0.15) is 0 Å². The molecule has 25 heavy (non-hydrogen) atoms. The van der Waals surface area contributed by atoms with E-state index in [0.29, 0.717) is 23.7 Å². The van der Waals surface area contributed by atoms with E-state index in [1.807, 2.05) is 12.1 Å². The van der Waals surface area contributed by atoms with Crippen molar-refractivity contribution in [3.63, 3.8) is 0 Å². The monoisotopic (exact) mass is 335 g/mol. The van der Waals surface area contributed by atoms with Gasteiger partial charge in [-0.05, 0) is 30.5 Å². The van der Waals surface area contributed by atoms with Crippen LogP contribution in [-0.2, 0) is 6.42 Å². The second-order valence-electron chi connectivity index (χ2n) is 7.05. The minimum absolute atomic E-state index is 0.155. The van der Waals surface area contributed by atoms with Crippen LogP contribution in [0, 0.1) is 0 Å². The fraction of sp³-hybridized carbons (Fsp3) is 0.333. The number of fused-ring (bicyclic) bond motifs is 2. The second-order valence-corrected chi connectivity index (χ2v) is 7.05. The van der Waals surface area contributed by atoms with Crippen molar-refractivity contribution >= 4 is 11.8 Å². The molecule has 2 atom stereocenters. The van der Waals surface area contributed by atoms with Gasteiger partial charge in [-0.15, -0.1) is 0 Å². The predicted octanol–water partition coefficient (Wildman–Crippen LogP) is 1.87. The molecular weight excluding hydrogens is 312 g/mol. The number of hydrogen-bond donors (Lipinski definition) is 1. The number of quaternary nitrogens is 1. The molecule has 2 amide bonds. The van der Waals surface area contributed by atoms with E-state index in [-0.39, 0.29) is 11.8 Å². The number of amides is 2. The van der Waals surface area contributed by atoms with Crippen LogP contribution in [0.5, 0.6) is 0 Å². The Morgan fingerprint density at radius 2 is 1.64 bits per heavy atom. The Bertz CT molecular complexity index is 795. The summed E-state index contributed by atoms with van der Waals surface area (Å²) in [6.45, 7) is 1.24.